The summed E-state index contributed by atoms with van der Waals surface area (Å²) in [6, 6.07) is 0.285. The van der Waals surface area contributed by atoms with Crippen molar-refractivity contribution in [2.24, 2.45) is 0 Å². The number of aliphatic hydroxyl groups is 1. The number of ether oxygens (including phenoxy) is 1. The van der Waals surface area contributed by atoms with E-state index >= 15 is 0 Å². The van der Waals surface area contributed by atoms with Crippen molar-refractivity contribution in [2.45, 2.75) is 64.2 Å². The summed E-state index contributed by atoms with van der Waals surface area (Å²) >= 11 is 0. The van der Waals surface area contributed by atoms with Crippen molar-refractivity contribution in [3.05, 3.63) is 12.2 Å². The van der Waals surface area contributed by atoms with Crippen molar-refractivity contribution in [1.82, 2.24) is 14.8 Å². The number of nitrogens with zero attached hydrogens (tertiary/aromatic N) is 3. The molecule has 5 nitrogen and oxygen atoms in total. The van der Waals surface area contributed by atoms with Crippen molar-refractivity contribution < 1.29 is 9.84 Å². The Labute approximate surface area is 108 Å². The molecule has 2 unspecified atom stereocenters. The fourth-order valence-corrected chi connectivity index (χ4v) is 2.41. The lowest BCUT2D eigenvalue weighted by molar-refractivity contribution is 0.0804. The van der Waals surface area contributed by atoms with E-state index in [1.807, 2.05) is 4.68 Å². The third-order valence-corrected chi connectivity index (χ3v) is 3.40. The highest BCUT2D eigenvalue weighted by atomic mass is 16.5. The second-order valence-corrected chi connectivity index (χ2v) is 5.28. The lowest BCUT2D eigenvalue weighted by atomic mass is 10.1. The molecule has 2 atom stereocenters. The van der Waals surface area contributed by atoms with Gasteiger partial charge in [0.25, 0.3) is 0 Å². The maximum atomic E-state index is 10.1. The van der Waals surface area contributed by atoms with Gasteiger partial charge in [0.05, 0.1) is 12.2 Å². The van der Waals surface area contributed by atoms with E-state index in [2.05, 4.69) is 23.9 Å². The molecule has 2 rings (SSSR count). The molecule has 0 amide bonds. The van der Waals surface area contributed by atoms with Crippen molar-refractivity contribution in [3.8, 4) is 0 Å². The first-order chi connectivity index (χ1) is 8.66. The largest absolute Gasteiger partial charge is 0.393 e. The van der Waals surface area contributed by atoms with Crippen LogP contribution < -0.4 is 0 Å². The van der Waals surface area contributed by atoms with Gasteiger partial charge in [0.15, 0.2) is 0 Å². The number of aliphatic hydroxyl groups excluding tert-OH is 1. The van der Waals surface area contributed by atoms with Gasteiger partial charge in [-0.25, -0.2) is 9.67 Å². The molecule has 5 heteroatoms. The topological polar surface area (TPSA) is 60.2 Å². The van der Waals surface area contributed by atoms with E-state index in [-0.39, 0.29) is 12.1 Å². The monoisotopic (exact) mass is 253 g/mol. The predicted molar refractivity (Wildman–Crippen MR) is 68.3 cm³/mol. The predicted octanol–water partition coefficient (Wildman–Crippen LogP) is 1.72. The standard InChI is InChI=1S/C13H23N3O2/c1-10(2)16-13(14-9-15-16)8-11(17)5-6-12-4-3-7-18-12/h9-12,17H,3-8H2,1-2H3. The maximum absolute atomic E-state index is 10.1. The zero-order valence-corrected chi connectivity index (χ0v) is 11.2. The van der Waals surface area contributed by atoms with Crippen LogP contribution in [0.5, 0.6) is 0 Å². The first-order valence-corrected chi connectivity index (χ1v) is 6.85. The van der Waals surface area contributed by atoms with Crippen LogP contribution in [0.1, 0.15) is 51.4 Å². The van der Waals surface area contributed by atoms with Crippen LogP contribution in [0.3, 0.4) is 0 Å². The van der Waals surface area contributed by atoms with Crippen LogP contribution in [0.2, 0.25) is 0 Å². The second-order valence-electron chi connectivity index (χ2n) is 5.28. The quantitative estimate of drug-likeness (QED) is 0.838. The second kappa shape index (κ2) is 6.29. The molecule has 1 fully saturated rings. The molecule has 0 aromatic carbocycles. The van der Waals surface area contributed by atoms with Crippen molar-refractivity contribution in [1.29, 1.82) is 0 Å². The summed E-state index contributed by atoms with van der Waals surface area (Å²) in [4.78, 5) is 4.22. The molecule has 0 spiro atoms. The van der Waals surface area contributed by atoms with Gasteiger partial charge in [0.2, 0.25) is 0 Å². The van der Waals surface area contributed by atoms with Gasteiger partial charge in [0, 0.05) is 19.1 Å². The van der Waals surface area contributed by atoms with Gasteiger partial charge in [-0.1, -0.05) is 0 Å². The van der Waals surface area contributed by atoms with E-state index in [0.717, 1.165) is 38.1 Å². The Morgan fingerprint density at radius 2 is 2.39 bits per heavy atom. The van der Waals surface area contributed by atoms with E-state index < -0.39 is 0 Å². The molecule has 1 aromatic rings. The van der Waals surface area contributed by atoms with Crippen LogP contribution in [0.4, 0.5) is 0 Å². The average Bonchev–Trinajstić information content (AvgIpc) is 2.96. The average molecular weight is 253 g/mol. The van der Waals surface area contributed by atoms with Crippen LogP contribution in [-0.2, 0) is 11.2 Å². The summed E-state index contributed by atoms with van der Waals surface area (Å²) < 4.78 is 7.43. The Balaban J connectivity index is 1.79. The van der Waals surface area contributed by atoms with Gasteiger partial charge in [0.1, 0.15) is 12.2 Å². The number of hydrogen-bond acceptors (Lipinski definition) is 4. The Bertz CT molecular complexity index is 359. The van der Waals surface area contributed by atoms with Crippen molar-refractivity contribution in [2.75, 3.05) is 6.61 Å². The zero-order chi connectivity index (χ0) is 13.0. The summed E-state index contributed by atoms with van der Waals surface area (Å²) in [6.07, 6.45) is 6.13. The summed E-state index contributed by atoms with van der Waals surface area (Å²) in [5.41, 5.74) is 0. The highest BCUT2D eigenvalue weighted by molar-refractivity contribution is 4.89. The molecule has 1 aromatic heterocycles. The van der Waals surface area contributed by atoms with Gasteiger partial charge in [-0.05, 0) is 39.5 Å². The summed E-state index contributed by atoms with van der Waals surface area (Å²) in [6.45, 7) is 5.01. The molecule has 0 bridgehead atoms. The molecule has 2 heterocycles. The SMILES string of the molecule is CC(C)n1ncnc1CC(O)CCC1CCCO1. The molecule has 18 heavy (non-hydrogen) atoms. The molecule has 0 saturated carbocycles. The van der Waals surface area contributed by atoms with Gasteiger partial charge >= 0.3 is 0 Å². The maximum Gasteiger partial charge on any atom is 0.138 e. The molecule has 0 aliphatic carbocycles. The van der Waals surface area contributed by atoms with Crippen molar-refractivity contribution >= 4 is 0 Å². The van der Waals surface area contributed by atoms with Crippen LogP contribution in [0.15, 0.2) is 6.33 Å². The summed E-state index contributed by atoms with van der Waals surface area (Å²) in [7, 11) is 0. The summed E-state index contributed by atoms with van der Waals surface area (Å²) in [5.74, 6) is 0.866. The lowest BCUT2D eigenvalue weighted by Crippen LogP contribution is -2.18. The Morgan fingerprint density at radius 1 is 1.56 bits per heavy atom. The van der Waals surface area contributed by atoms with Gasteiger partial charge in [-0.15, -0.1) is 0 Å². The minimum absolute atomic E-state index is 0.285. The van der Waals surface area contributed by atoms with E-state index in [1.54, 1.807) is 6.33 Å². The highest BCUT2D eigenvalue weighted by Gasteiger charge is 2.18. The number of hydrogen-bond donors (Lipinski definition) is 1. The van der Waals surface area contributed by atoms with E-state index in [9.17, 15) is 5.11 Å². The van der Waals surface area contributed by atoms with E-state index in [4.69, 9.17) is 4.74 Å². The Morgan fingerprint density at radius 3 is 3.06 bits per heavy atom. The fourth-order valence-electron chi connectivity index (χ4n) is 2.41. The van der Waals surface area contributed by atoms with Crippen LogP contribution in [-0.4, -0.2) is 38.7 Å². The van der Waals surface area contributed by atoms with Crippen LogP contribution in [0, 0.1) is 0 Å². The molecular formula is C13H23N3O2. The molecule has 1 aliphatic heterocycles. The smallest absolute Gasteiger partial charge is 0.138 e. The summed E-state index contributed by atoms with van der Waals surface area (Å²) in [5, 5.41) is 14.2. The molecule has 102 valence electrons. The third-order valence-electron chi connectivity index (χ3n) is 3.40. The van der Waals surface area contributed by atoms with Crippen molar-refractivity contribution in [3.63, 3.8) is 0 Å². The Hall–Kier alpha value is -0.940. The minimum atomic E-state index is -0.351. The molecule has 1 saturated heterocycles. The number of rotatable bonds is 6. The third kappa shape index (κ3) is 3.53. The van der Waals surface area contributed by atoms with Gasteiger partial charge in [-0.3, -0.25) is 0 Å². The van der Waals surface area contributed by atoms with E-state index in [1.165, 1.54) is 0 Å². The van der Waals surface area contributed by atoms with Gasteiger partial charge in [-0.2, -0.15) is 5.10 Å². The molecule has 1 aliphatic rings. The number of aromatic nitrogens is 3. The molecule has 1 N–H and O–H groups in total. The first-order valence-electron chi connectivity index (χ1n) is 6.85. The zero-order valence-electron chi connectivity index (χ0n) is 11.2. The van der Waals surface area contributed by atoms with E-state index in [0.29, 0.717) is 12.5 Å². The fraction of sp³-hybridized carbons (Fsp3) is 0.846. The van der Waals surface area contributed by atoms with Gasteiger partial charge < -0.3 is 9.84 Å². The minimum Gasteiger partial charge on any atom is -0.393 e. The molecular weight excluding hydrogens is 230 g/mol. The van der Waals surface area contributed by atoms with Crippen LogP contribution in [0.25, 0.3) is 0 Å². The lowest BCUT2D eigenvalue weighted by Gasteiger charge is -2.15. The molecule has 0 radical (unpaired) electrons. The first kappa shape index (κ1) is 13.5. The Kier molecular flexibility index (Phi) is 4.72. The van der Waals surface area contributed by atoms with Crippen LogP contribution >= 0.6 is 0 Å². The normalized spacial score (nSPS) is 21.7. The highest BCUT2D eigenvalue weighted by Crippen LogP contribution is 2.18.